The van der Waals surface area contributed by atoms with Crippen molar-refractivity contribution in [1.29, 1.82) is 0 Å². The summed E-state index contributed by atoms with van der Waals surface area (Å²) in [5.74, 6) is 0.640. The van der Waals surface area contributed by atoms with Crippen molar-refractivity contribution >= 4 is 12.1 Å². The predicted octanol–water partition coefficient (Wildman–Crippen LogP) is 5.30. The lowest BCUT2D eigenvalue weighted by molar-refractivity contribution is 0.111. The third kappa shape index (κ3) is 3.30. The molecule has 3 nitrogen and oxygen atoms in total. The van der Waals surface area contributed by atoms with Crippen molar-refractivity contribution in [2.24, 2.45) is 0 Å². The summed E-state index contributed by atoms with van der Waals surface area (Å²) in [6.07, 6.45) is 0.764. The van der Waals surface area contributed by atoms with Gasteiger partial charge in [0.25, 0.3) is 0 Å². The summed E-state index contributed by atoms with van der Waals surface area (Å²) in [6.45, 7) is 0. The van der Waals surface area contributed by atoms with E-state index in [-0.39, 0.29) is 0 Å². The molecule has 0 saturated carbocycles. The van der Waals surface area contributed by atoms with Crippen molar-refractivity contribution in [2.45, 2.75) is 5.54 Å². The average molecular weight is 364 g/mol. The summed E-state index contributed by atoms with van der Waals surface area (Å²) in [5.41, 5.74) is 3.01. The number of carbonyl (C=O) groups is 1. The Morgan fingerprint density at radius 2 is 1.07 bits per heavy atom. The lowest BCUT2D eigenvalue weighted by atomic mass is 9.77. The maximum atomic E-state index is 11.2. The minimum Gasteiger partial charge on any atom is -0.353 e. The number of pyridine rings is 1. The summed E-state index contributed by atoms with van der Waals surface area (Å²) < 4.78 is 0. The fraction of sp³-hybridized carbons (Fsp3) is 0.0400. The fourth-order valence-corrected chi connectivity index (χ4v) is 3.56. The molecule has 0 spiro atoms. The second-order valence-electron chi connectivity index (χ2n) is 6.54. The first-order chi connectivity index (χ1) is 13.8. The Hall–Kier alpha value is -3.72. The smallest absolute Gasteiger partial charge is 0.168 e. The van der Waals surface area contributed by atoms with Crippen LogP contribution in [0.1, 0.15) is 27.2 Å². The number of benzene rings is 3. The molecule has 136 valence electrons. The summed E-state index contributed by atoms with van der Waals surface area (Å²) in [7, 11) is 0. The van der Waals surface area contributed by atoms with Crippen LogP contribution in [0.15, 0.2) is 109 Å². The molecule has 0 radical (unpaired) electrons. The highest BCUT2D eigenvalue weighted by atomic mass is 16.1. The van der Waals surface area contributed by atoms with Gasteiger partial charge in [-0.2, -0.15) is 0 Å². The zero-order valence-electron chi connectivity index (χ0n) is 15.3. The Morgan fingerprint density at radius 1 is 0.607 bits per heavy atom. The Bertz CT molecular complexity index is 951. The molecule has 1 heterocycles. The Morgan fingerprint density at radius 3 is 1.50 bits per heavy atom. The molecule has 1 N–H and O–H groups in total. The number of anilines is 1. The van der Waals surface area contributed by atoms with E-state index in [0.717, 1.165) is 23.0 Å². The molecule has 0 unspecified atom stereocenters. The lowest BCUT2D eigenvalue weighted by Crippen LogP contribution is -2.38. The van der Waals surface area contributed by atoms with E-state index >= 15 is 0 Å². The van der Waals surface area contributed by atoms with Crippen LogP contribution >= 0.6 is 0 Å². The molecule has 0 atom stereocenters. The van der Waals surface area contributed by atoms with Gasteiger partial charge in [0.15, 0.2) is 6.29 Å². The van der Waals surface area contributed by atoms with Gasteiger partial charge in [0, 0.05) is 0 Å². The molecular formula is C25H20N2O. The number of aldehydes is 1. The molecule has 0 saturated heterocycles. The van der Waals surface area contributed by atoms with Crippen molar-refractivity contribution < 1.29 is 4.79 Å². The molecule has 3 aromatic carbocycles. The molecule has 0 aliphatic rings. The van der Waals surface area contributed by atoms with E-state index in [1.807, 2.05) is 66.7 Å². The molecule has 1 aromatic heterocycles. The van der Waals surface area contributed by atoms with Crippen LogP contribution in [0.5, 0.6) is 0 Å². The molecule has 0 bridgehead atoms. The minimum absolute atomic E-state index is 0.396. The van der Waals surface area contributed by atoms with Crippen LogP contribution in [-0.4, -0.2) is 11.3 Å². The largest absolute Gasteiger partial charge is 0.353 e. The van der Waals surface area contributed by atoms with Gasteiger partial charge in [-0.15, -0.1) is 0 Å². The van der Waals surface area contributed by atoms with Gasteiger partial charge in [0.05, 0.1) is 0 Å². The second kappa shape index (κ2) is 7.89. The average Bonchev–Trinajstić information content (AvgIpc) is 2.79. The molecule has 0 amide bonds. The third-order valence-electron chi connectivity index (χ3n) is 4.83. The van der Waals surface area contributed by atoms with E-state index in [1.165, 1.54) is 0 Å². The number of hydrogen-bond donors (Lipinski definition) is 1. The minimum atomic E-state index is -0.654. The normalized spacial score (nSPS) is 11.0. The highest BCUT2D eigenvalue weighted by Gasteiger charge is 2.36. The van der Waals surface area contributed by atoms with Crippen LogP contribution in [-0.2, 0) is 5.54 Å². The summed E-state index contributed by atoms with van der Waals surface area (Å²) in [4.78, 5) is 15.7. The van der Waals surface area contributed by atoms with Gasteiger partial charge in [-0.1, -0.05) is 97.1 Å². The van der Waals surface area contributed by atoms with E-state index in [9.17, 15) is 4.79 Å². The van der Waals surface area contributed by atoms with Gasteiger partial charge in [0.2, 0.25) is 0 Å². The Kier molecular flexibility index (Phi) is 4.98. The number of hydrogen-bond acceptors (Lipinski definition) is 3. The molecule has 4 rings (SSSR count). The van der Waals surface area contributed by atoms with Crippen LogP contribution in [0.25, 0.3) is 0 Å². The molecule has 3 heteroatoms. The predicted molar refractivity (Wildman–Crippen MR) is 112 cm³/mol. The number of carbonyl (C=O) groups excluding carboxylic acids is 1. The zero-order chi connectivity index (χ0) is 19.2. The second-order valence-corrected chi connectivity index (χ2v) is 6.54. The first kappa shape index (κ1) is 17.7. The summed E-state index contributed by atoms with van der Waals surface area (Å²) in [6, 6.07) is 36.3. The van der Waals surface area contributed by atoms with Crippen LogP contribution < -0.4 is 5.32 Å². The van der Waals surface area contributed by atoms with Crippen LogP contribution in [0.2, 0.25) is 0 Å². The Labute approximate surface area is 164 Å². The van der Waals surface area contributed by atoms with Crippen molar-refractivity contribution in [2.75, 3.05) is 5.32 Å². The number of nitrogens with one attached hydrogen (secondary N) is 1. The monoisotopic (exact) mass is 364 g/mol. The van der Waals surface area contributed by atoms with E-state index in [0.29, 0.717) is 11.5 Å². The van der Waals surface area contributed by atoms with E-state index in [1.54, 1.807) is 6.07 Å². The molecule has 0 fully saturated rings. The van der Waals surface area contributed by atoms with Crippen LogP contribution in [0.4, 0.5) is 5.82 Å². The SMILES string of the molecule is O=Cc1cccc(NC(c2ccccc2)(c2ccccc2)c2ccccc2)n1. The van der Waals surface area contributed by atoms with E-state index < -0.39 is 5.54 Å². The quantitative estimate of drug-likeness (QED) is 0.373. The number of nitrogens with zero attached hydrogens (tertiary/aromatic N) is 1. The van der Waals surface area contributed by atoms with Gasteiger partial charge < -0.3 is 5.32 Å². The highest BCUT2D eigenvalue weighted by Crippen LogP contribution is 2.39. The van der Waals surface area contributed by atoms with Crippen molar-refractivity contribution in [3.63, 3.8) is 0 Å². The highest BCUT2D eigenvalue weighted by molar-refractivity contribution is 5.73. The summed E-state index contributed by atoms with van der Waals surface area (Å²) in [5, 5.41) is 3.65. The van der Waals surface area contributed by atoms with Gasteiger partial charge in [-0.05, 0) is 28.8 Å². The first-order valence-electron chi connectivity index (χ1n) is 9.20. The topological polar surface area (TPSA) is 42.0 Å². The molecule has 28 heavy (non-hydrogen) atoms. The van der Waals surface area contributed by atoms with Gasteiger partial charge in [0.1, 0.15) is 17.1 Å². The summed E-state index contributed by atoms with van der Waals surface area (Å²) >= 11 is 0. The Balaban J connectivity index is 1.99. The van der Waals surface area contributed by atoms with E-state index in [2.05, 4.69) is 46.7 Å². The molecule has 0 aliphatic carbocycles. The van der Waals surface area contributed by atoms with Gasteiger partial charge in [-0.25, -0.2) is 4.98 Å². The van der Waals surface area contributed by atoms with Crippen molar-refractivity contribution in [3.8, 4) is 0 Å². The number of aromatic nitrogens is 1. The third-order valence-corrected chi connectivity index (χ3v) is 4.83. The zero-order valence-corrected chi connectivity index (χ0v) is 15.3. The maximum absolute atomic E-state index is 11.2. The van der Waals surface area contributed by atoms with E-state index in [4.69, 9.17) is 0 Å². The number of rotatable bonds is 6. The van der Waals surface area contributed by atoms with Crippen molar-refractivity contribution in [1.82, 2.24) is 4.98 Å². The van der Waals surface area contributed by atoms with Crippen LogP contribution in [0, 0.1) is 0 Å². The van der Waals surface area contributed by atoms with Crippen molar-refractivity contribution in [3.05, 3.63) is 132 Å². The van der Waals surface area contributed by atoms with Crippen LogP contribution in [0.3, 0.4) is 0 Å². The standard InChI is InChI=1S/C25H20N2O/c28-19-23-17-10-18-24(26-23)27-25(20-11-4-1-5-12-20,21-13-6-2-7-14-21)22-15-8-3-9-16-22/h1-19H,(H,26,27). The molecule has 0 aliphatic heterocycles. The lowest BCUT2D eigenvalue weighted by Gasteiger charge is -2.37. The fourth-order valence-electron chi connectivity index (χ4n) is 3.56. The maximum Gasteiger partial charge on any atom is 0.168 e. The molecular weight excluding hydrogens is 344 g/mol. The first-order valence-corrected chi connectivity index (χ1v) is 9.20. The molecule has 4 aromatic rings. The van der Waals surface area contributed by atoms with Gasteiger partial charge >= 0.3 is 0 Å². The van der Waals surface area contributed by atoms with Gasteiger partial charge in [-0.3, -0.25) is 4.79 Å².